The molecule has 12 heteroatoms. The summed E-state index contributed by atoms with van der Waals surface area (Å²) in [5, 5.41) is 4.99. The van der Waals surface area contributed by atoms with Crippen LogP contribution in [0.4, 0.5) is 25.4 Å². The topological polar surface area (TPSA) is 94.2 Å². The van der Waals surface area contributed by atoms with E-state index in [9.17, 15) is 18.8 Å². The molecule has 2 atom stereocenters. The van der Waals surface area contributed by atoms with Gasteiger partial charge < -0.3 is 19.9 Å². The van der Waals surface area contributed by atoms with E-state index in [2.05, 4.69) is 23.3 Å². The fraction of sp³-hybridized carbons (Fsp3) is 0.526. The minimum atomic E-state index is -0.587. The molecule has 3 fully saturated rings. The summed E-state index contributed by atoms with van der Waals surface area (Å²) in [5.41, 5.74) is 0.833. The maximum Gasteiger partial charge on any atom is 0.414 e. The number of anilines is 2. The normalized spacial score (nSPS) is 23.8. The number of carbonyl (C=O) groups is 3. The molecule has 3 heterocycles. The van der Waals surface area contributed by atoms with Crippen LogP contribution in [0, 0.1) is 5.82 Å². The first-order valence-corrected chi connectivity index (χ1v) is 11.5. The number of thiol groups is 1. The molecule has 4 rings (SSSR count). The third kappa shape index (κ3) is 5.01. The van der Waals surface area contributed by atoms with Crippen molar-refractivity contribution in [2.75, 3.05) is 61.4 Å². The van der Waals surface area contributed by atoms with Crippen molar-refractivity contribution in [1.29, 1.82) is 0 Å². The number of carbonyl (C=O) groups excluding carboxylic acids is 3. The van der Waals surface area contributed by atoms with E-state index >= 15 is 0 Å². The number of ether oxygens (including phenoxy) is 1. The summed E-state index contributed by atoms with van der Waals surface area (Å²) in [6.45, 7) is 3.34. The van der Waals surface area contributed by atoms with Crippen LogP contribution in [0.3, 0.4) is 0 Å². The van der Waals surface area contributed by atoms with Gasteiger partial charge in [0.1, 0.15) is 17.3 Å². The molecule has 0 bridgehead atoms. The van der Waals surface area contributed by atoms with Crippen LogP contribution in [-0.4, -0.2) is 85.2 Å². The maximum absolute atomic E-state index is 14.9. The average molecular weight is 470 g/mol. The van der Waals surface area contributed by atoms with Gasteiger partial charge in [-0.25, -0.2) is 9.18 Å². The van der Waals surface area contributed by atoms with Gasteiger partial charge in [0.15, 0.2) is 0 Å². The third-order valence-electron chi connectivity index (χ3n) is 5.47. The largest absolute Gasteiger partial charge is 0.442 e. The second-order valence-corrected chi connectivity index (χ2v) is 9.07. The lowest BCUT2D eigenvalue weighted by Gasteiger charge is -2.37. The zero-order valence-electron chi connectivity index (χ0n) is 16.8. The maximum atomic E-state index is 14.9. The molecule has 1 aromatic carbocycles. The fourth-order valence-electron chi connectivity index (χ4n) is 3.88. The number of hydrogen-bond acceptors (Lipinski definition) is 7. The molecule has 0 spiro atoms. The summed E-state index contributed by atoms with van der Waals surface area (Å²) in [4.78, 5) is 40.6. The predicted molar refractivity (Wildman–Crippen MR) is 119 cm³/mol. The van der Waals surface area contributed by atoms with Crippen LogP contribution >= 0.6 is 24.4 Å². The van der Waals surface area contributed by atoms with E-state index < -0.39 is 23.3 Å². The van der Waals surface area contributed by atoms with Gasteiger partial charge in [0, 0.05) is 38.5 Å². The zero-order valence-corrected chi connectivity index (χ0v) is 18.5. The van der Waals surface area contributed by atoms with Gasteiger partial charge in [0.05, 0.1) is 24.5 Å². The molecular weight excluding hydrogens is 445 g/mol. The monoisotopic (exact) mass is 469 g/mol. The Kier molecular flexibility index (Phi) is 6.77. The highest BCUT2D eigenvalue weighted by molar-refractivity contribution is 8.00. The number of halogens is 1. The lowest BCUT2D eigenvalue weighted by molar-refractivity contribution is -0.131. The van der Waals surface area contributed by atoms with Gasteiger partial charge >= 0.3 is 6.09 Å². The fourth-order valence-corrected chi connectivity index (χ4v) is 4.97. The van der Waals surface area contributed by atoms with E-state index in [1.165, 1.54) is 11.0 Å². The first-order chi connectivity index (χ1) is 14.9. The summed E-state index contributed by atoms with van der Waals surface area (Å²) in [6, 6.07) is 4.63. The molecule has 0 aliphatic carbocycles. The Balaban J connectivity index is 1.35. The minimum absolute atomic E-state index is 0.0918. The number of nitrogens with one attached hydrogen (secondary N) is 2. The van der Waals surface area contributed by atoms with E-state index in [4.69, 9.17) is 4.74 Å². The zero-order chi connectivity index (χ0) is 22.0. The third-order valence-corrected chi connectivity index (χ3v) is 6.77. The Labute approximate surface area is 189 Å². The van der Waals surface area contributed by atoms with E-state index in [-0.39, 0.29) is 24.4 Å². The molecule has 31 heavy (non-hydrogen) atoms. The van der Waals surface area contributed by atoms with Gasteiger partial charge in [0.2, 0.25) is 5.91 Å². The summed E-state index contributed by atoms with van der Waals surface area (Å²) in [6.07, 6.45) is -1.11. The number of hydrogen-bond donors (Lipinski definition) is 3. The predicted octanol–water partition coefficient (Wildman–Crippen LogP) is 1.10. The lowest BCUT2D eigenvalue weighted by Crippen LogP contribution is -2.52. The second-order valence-electron chi connectivity index (χ2n) is 7.46. The van der Waals surface area contributed by atoms with Crippen molar-refractivity contribution in [3.05, 3.63) is 24.0 Å². The van der Waals surface area contributed by atoms with E-state index in [1.807, 2.05) is 9.80 Å². The number of cyclic esters (lactones) is 1. The van der Waals surface area contributed by atoms with E-state index in [0.717, 1.165) is 12.3 Å². The van der Waals surface area contributed by atoms with E-state index in [1.54, 1.807) is 23.9 Å². The summed E-state index contributed by atoms with van der Waals surface area (Å²) in [5.74, 6) is 0.586. The quantitative estimate of drug-likeness (QED) is 0.556. The molecule has 3 amide bonds. The molecule has 2 unspecified atom stereocenters. The van der Waals surface area contributed by atoms with Gasteiger partial charge in [-0.1, -0.05) is 12.6 Å². The molecule has 0 aromatic heterocycles. The Hall–Kier alpha value is -2.18. The van der Waals surface area contributed by atoms with Crippen LogP contribution in [0.5, 0.6) is 0 Å². The molecule has 0 saturated carbocycles. The van der Waals surface area contributed by atoms with Crippen molar-refractivity contribution in [1.82, 2.24) is 15.5 Å². The molecule has 3 saturated heterocycles. The number of benzene rings is 1. The Morgan fingerprint density at radius 3 is 2.71 bits per heavy atom. The number of nitrogens with zero attached hydrogens (tertiary/aromatic N) is 3. The molecule has 0 radical (unpaired) electrons. The molecule has 1 aromatic rings. The number of amides is 3. The Morgan fingerprint density at radius 1 is 1.29 bits per heavy atom. The van der Waals surface area contributed by atoms with Crippen molar-refractivity contribution in [3.63, 3.8) is 0 Å². The average Bonchev–Trinajstić information content (AvgIpc) is 3.42. The van der Waals surface area contributed by atoms with Gasteiger partial charge in [-0.15, -0.1) is 11.8 Å². The first-order valence-electron chi connectivity index (χ1n) is 10.1. The second kappa shape index (κ2) is 9.53. The lowest BCUT2D eigenvalue weighted by atomic mass is 10.2. The van der Waals surface area contributed by atoms with Crippen LogP contribution in [0.15, 0.2) is 18.2 Å². The summed E-state index contributed by atoms with van der Waals surface area (Å²) >= 11 is 5.23. The van der Waals surface area contributed by atoms with Crippen molar-refractivity contribution in [2.45, 2.75) is 11.5 Å². The van der Waals surface area contributed by atoms with E-state index in [0.29, 0.717) is 37.6 Å². The molecular formula is C19H24FN5O4S2. The number of rotatable bonds is 5. The standard InChI is InChI=1S/C19H24FN5O4S2/c20-14-9-12(25-11-13(29-19(25)28)10-22-18(27)30)1-2-15(14)23-4-6-24(7-5-23)17(26)16-21-3-8-31-16/h1-2,9,13,16,21H,3-8,10-11H2,(H2,22,27,30). The highest BCUT2D eigenvalue weighted by Gasteiger charge is 2.34. The Morgan fingerprint density at radius 2 is 2.06 bits per heavy atom. The molecule has 9 nitrogen and oxygen atoms in total. The first kappa shape index (κ1) is 22.0. The van der Waals surface area contributed by atoms with Crippen molar-refractivity contribution in [2.24, 2.45) is 0 Å². The SMILES string of the molecule is O=C(S)NCC1CN(c2ccc(N3CCN(C(=O)C4NCCS4)CC3)c(F)c2)C(=O)O1. The van der Waals surface area contributed by atoms with Gasteiger partial charge in [-0.05, 0) is 18.2 Å². The molecule has 3 aliphatic rings. The van der Waals surface area contributed by atoms with Crippen molar-refractivity contribution in [3.8, 4) is 0 Å². The smallest absolute Gasteiger partial charge is 0.414 e. The molecule has 2 N–H and O–H groups in total. The van der Waals surface area contributed by atoms with Crippen LogP contribution in [0.1, 0.15) is 0 Å². The van der Waals surface area contributed by atoms with Crippen LogP contribution in [0.25, 0.3) is 0 Å². The minimum Gasteiger partial charge on any atom is -0.442 e. The Bertz CT molecular complexity index is 862. The van der Waals surface area contributed by atoms with Crippen molar-refractivity contribution < 1.29 is 23.5 Å². The van der Waals surface area contributed by atoms with Crippen molar-refractivity contribution >= 4 is 53.0 Å². The van der Waals surface area contributed by atoms with Gasteiger partial charge in [-0.2, -0.15) is 0 Å². The highest BCUT2D eigenvalue weighted by atomic mass is 32.2. The summed E-state index contributed by atoms with van der Waals surface area (Å²) in [7, 11) is 0. The number of piperazine rings is 1. The van der Waals surface area contributed by atoms with Gasteiger partial charge in [-0.3, -0.25) is 19.8 Å². The summed E-state index contributed by atoms with van der Waals surface area (Å²) < 4.78 is 20.1. The number of thioether (sulfide) groups is 1. The van der Waals surface area contributed by atoms with Crippen LogP contribution in [-0.2, 0) is 9.53 Å². The molecule has 168 valence electrons. The van der Waals surface area contributed by atoms with Gasteiger partial charge in [0.25, 0.3) is 5.24 Å². The van der Waals surface area contributed by atoms with Crippen LogP contribution in [0.2, 0.25) is 0 Å². The molecule has 3 aliphatic heterocycles. The van der Waals surface area contributed by atoms with Crippen LogP contribution < -0.4 is 20.4 Å². The highest BCUT2D eigenvalue weighted by Crippen LogP contribution is 2.29.